The van der Waals surface area contributed by atoms with Crippen LogP contribution in [-0.4, -0.2) is 44.6 Å². The fourth-order valence-corrected chi connectivity index (χ4v) is 3.00. The molecule has 19 heavy (non-hydrogen) atoms. The van der Waals surface area contributed by atoms with Crippen molar-refractivity contribution in [1.29, 1.82) is 0 Å². The van der Waals surface area contributed by atoms with Crippen LogP contribution in [-0.2, 0) is 10.0 Å². The van der Waals surface area contributed by atoms with Crippen molar-refractivity contribution in [3.8, 4) is 0 Å². The zero-order valence-electron chi connectivity index (χ0n) is 10.7. The van der Waals surface area contributed by atoms with Gasteiger partial charge in [-0.25, -0.2) is 13.1 Å². The molecule has 3 N–H and O–H groups in total. The number of para-hydroxylation sites is 1. The van der Waals surface area contributed by atoms with Gasteiger partial charge in [-0.2, -0.15) is 0 Å². The molecule has 6 nitrogen and oxygen atoms in total. The van der Waals surface area contributed by atoms with Crippen LogP contribution in [0.3, 0.4) is 0 Å². The van der Waals surface area contributed by atoms with Crippen molar-refractivity contribution in [3.05, 3.63) is 29.8 Å². The minimum absolute atomic E-state index is 0.157. The van der Waals surface area contributed by atoms with E-state index in [2.05, 4.69) is 4.72 Å². The topological polar surface area (TPSA) is 92.5 Å². The number of likely N-dealkylation sites (tertiary alicyclic amines) is 1. The molecule has 104 valence electrons. The Morgan fingerprint density at radius 1 is 1.42 bits per heavy atom. The van der Waals surface area contributed by atoms with Gasteiger partial charge in [-0.05, 0) is 18.6 Å². The summed E-state index contributed by atoms with van der Waals surface area (Å²) >= 11 is 0. The van der Waals surface area contributed by atoms with Gasteiger partial charge < -0.3 is 10.6 Å². The number of hydrogen-bond donors (Lipinski definition) is 2. The van der Waals surface area contributed by atoms with E-state index in [1.165, 1.54) is 0 Å². The normalized spacial score (nSPS) is 19.6. The summed E-state index contributed by atoms with van der Waals surface area (Å²) in [5.41, 5.74) is 6.66. The zero-order valence-corrected chi connectivity index (χ0v) is 11.5. The molecule has 0 bridgehead atoms. The smallest absolute Gasteiger partial charge is 0.255 e. The van der Waals surface area contributed by atoms with Crippen LogP contribution < -0.4 is 10.5 Å². The molecule has 1 unspecified atom stereocenters. The molecule has 1 atom stereocenters. The number of nitrogens with two attached hydrogens (primary N) is 1. The Kier molecular flexibility index (Phi) is 3.77. The van der Waals surface area contributed by atoms with Crippen LogP contribution in [0.15, 0.2) is 24.3 Å². The maximum atomic E-state index is 12.2. The molecule has 1 aromatic carbocycles. The van der Waals surface area contributed by atoms with E-state index in [0.717, 1.165) is 6.26 Å². The van der Waals surface area contributed by atoms with Gasteiger partial charge in [-0.15, -0.1) is 0 Å². The number of nitrogens with one attached hydrogen (secondary N) is 1. The van der Waals surface area contributed by atoms with Gasteiger partial charge in [0.2, 0.25) is 10.0 Å². The molecular formula is C12H17N3O3S. The van der Waals surface area contributed by atoms with Gasteiger partial charge in [0.05, 0.1) is 11.8 Å². The number of amides is 1. The molecule has 1 fully saturated rings. The van der Waals surface area contributed by atoms with E-state index in [0.29, 0.717) is 30.8 Å². The largest absolute Gasteiger partial charge is 0.398 e. The number of sulfonamides is 1. The highest BCUT2D eigenvalue weighted by molar-refractivity contribution is 7.88. The second kappa shape index (κ2) is 5.18. The molecule has 1 amide bonds. The van der Waals surface area contributed by atoms with E-state index in [9.17, 15) is 13.2 Å². The quantitative estimate of drug-likeness (QED) is 0.766. The number of carbonyl (C=O) groups excluding carboxylic acids is 1. The third-order valence-corrected chi connectivity index (χ3v) is 3.81. The average molecular weight is 283 g/mol. The lowest BCUT2D eigenvalue weighted by Gasteiger charge is -2.17. The molecule has 0 aliphatic carbocycles. The van der Waals surface area contributed by atoms with Crippen LogP contribution in [0.1, 0.15) is 16.8 Å². The van der Waals surface area contributed by atoms with Gasteiger partial charge in [0.15, 0.2) is 0 Å². The molecule has 1 aromatic rings. The van der Waals surface area contributed by atoms with Crippen molar-refractivity contribution in [2.45, 2.75) is 12.5 Å². The number of rotatable bonds is 3. The van der Waals surface area contributed by atoms with Crippen LogP contribution in [0.25, 0.3) is 0 Å². The molecule has 1 aliphatic rings. The van der Waals surface area contributed by atoms with E-state index in [1.54, 1.807) is 29.2 Å². The van der Waals surface area contributed by atoms with Crippen molar-refractivity contribution in [2.75, 3.05) is 25.1 Å². The van der Waals surface area contributed by atoms with E-state index >= 15 is 0 Å². The Labute approximate surface area is 112 Å². The summed E-state index contributed by atoms with van der Waals surface area (Å²) in [6.07, 6.45) is 1.73. The highest BCUT2D eigenvalue weighted by atomic mass is 32.2. The molecule has 7 heteroatoms. The maximum absolute atomic E-state index is 12.2. The molecule has 0 aromatic heterocycles. The molecule has 0 radical (unpaired) electrons. The minimum Gasteiger partial charge on any atom is -0.398 e. The Hall–Kier alpha value is -1.60. The van der Waals surface area contributed by atoms with Gasteiger partial charge in [0.25, 0.3) is 5.91 Å². The summed E-state index contributed by atoms with van der Waals surface area (Å²) < 4.78 is 24.8. The first-order valence-electron chi connectivity index (χ1n) is 5.98. The van der Waals surface area contributed by atoms with Crippen LogP contribution in [0.2, 0.25) is 0 Å². The van der Waals surface area contributed by atoms with Crippen molar-refractivity contribution in [1.82, 2.24) is 9.62 Å². The molecule has 0 spiro atoms. The average Bonchev–Trinajstić information content (AvgIpc) is 2.75. The maximum Gasteiger partial charge on any atom is 0.255 e. The fourth-order valence-electron chi connectivity index (χ4n) is 2.21. The van der Waals surface area contributed by atoms with E-state index in [4.69, 9.17) is 5.73 Å². The highest BCUT2D eigenvalue weighted by Gasteiger charge is 2.29. The number of benzene rings is 1. The van der Waals surface area contributed by atoms with E-state index < -0.39 is 10.0 Å². The summed E-state index contributed by atoms with van der Waals surface area (Å²) in [5.74, 6) is -0.157. The number of nitrogens with zero attached hydrogens (tertiary/aromatic N) is 1. The SMILES string of the molecule is CS(=O)(=O)NC1CCN(C(=O)c2ccccc2N)C1. The highest BCUT2D eigenvalue weighted by Crippen LogP contribution is 2.18. The summed E-state index contributed by atoms with van der Waals surface area (Å²) in [6.45, 7) is 0.903. The van der Waals surface area contributed by atoms with Gasteiger partial charge in [-0.1, -0.05) is 12.1 Å². The first-order valence-corrected chi connectivity index (χ1v) is 7.87. The summed E-state index contributed by atoms with van der Waals surface area (Å²) in [4.78, 5) is 13.9. The minimum atomic E-state index is -3.24. The Balaban J connectivity index is 2.05. The zero-order chi connectivity index (χ0) is 14.0. The Morgan fingerprint density at radius 2 is 2.11 bits per heavy atom. The van der Waals surface area contributed by atoms with Crippen molar-refractivity contribution in [2.24, 2.45) is 0 Å². The first-order chi connectivity index (χ1) is 8.87. The molecular weight excluding hydrogens is 266 g/mol. The standard InChI is InChI=1S/C12H17N3O3S/c1-19(17,18)14-9-6-7-15(8-9)12(16)10-4-2-3-5-11(10)13/h2-5,9,14H,6-8,13H2,1H3. The molecule has 1 heterocycles. The molecule has 1 aliphatic heterocycles. The molecule has 0 saturated carbocycles. The van der Waals surface area contributed by atoms with Crippen LogP contribution in [0.4, 0.5) is 5.69 Å². The molecule has 1 saturated heterocycles. The second-order valence-electron chi connectivity index (χ2n) is 4.71. The van der Waals surface area contributed by atoms with Crippen molar-refractivity contribution in [3.63, 3.8) is 0 Å². The van der Waals surface area contributed by atoms with Gasteiger partial charge in [0, 0.05) is 24.8 Å². The lowest BCUT2D eigenvalue weighted by Crippen LogP contribution is -2.38. The fraction of sp³-hybridized carbons (Fsp3) is 0.417. The summed E-state index contributed by atoms with van der Waals surface area (Å²) in [6, 6.07) is 6.66. The Bertz CT molecular complexity index is 586. The molecule has 2 rings (SSSR count). The number of anilines is 1. The van der Waals surface area contributed by atoms with Gasteiger partial charge >= 0.3 is 0 Å². The van der Waals surface area contributed by atoms with Gasteiger partial charge in [-0.3, -0.25) is 4.79 Å². The van der Waals surface area contributed by atoms with Crippen LogP contribution in [0.5, 0.6) is 0 Å². The third kappa shape index (κ3) is 3.45. The number of nitrogen functional groups attached to an aromatic ring is 1. The number of carbonyl (C=O) groups is 1. The summed E-state index contributed by atoms with van der Waals surface area (Å²) in [7, 11) is -3.24. The number of hydrogen-bond acceptors (Lipinski definition) is 4. The third-order valence-electron chi connectivity index (χ3n) is 3.05. The Morgan fingerprint density at radius 3 is 2.74 bits per heavy atom. The van der Waals surface area contributed by atoms with Crippen LogP contribution >= 0.6 is 0 Å². The second-order valence-corrected chi connectivity index (χ2v) is 6.49. The predicted molar refractivity (Wildman–Crippen MR) is 73.1 cm³/mol. The van der Waals surface area contributed by atoms with Crippen molar-refractivity contribution >= 4 is 21.6 Å². The van der Waals surface area contributed by atoms with E-state index in [-0.39, 0.29) is 11.9 Å². The van der Waals surface area contributed by atoms with Gasteiger partial charge in [0.1, 0.15) is 0 Å². The summed E-state index contributed by atoms with van der Waals surface area (Å²) in [5, 5.41) is 0. The lowest BCUT2D eigenvalue weighted by atomic mass is 10.1. The predicted octanol–water partition coefficient (Wildman–Crippen LogP) is 0.0325. The first kappa shape index (κ1) is 13.8. The van der Waals surface area contributed by atoms with Crippen molar-refractivity contribution < 1.29 is 13.2 Å². The monoisotopic (exact) mass is 283 g/mol. The lowest BCUT2D eigenvalue weighted by molar-refractivity contribution is 0.0791. The van der Waals surface area contributed by atoms with Crippen LogP contribution in [0, 0.1) is 0 Å². The van der Waals surface area contributed by atoms with E-state index in [1.807, 2.05) is 0 Å².